The van der Waals surface area contributed by atoms with Gasteiger partial charge in [-0.1, -0.05) is 13.0 Å². The van der Waals surface area contributed by atoms with Gasteiger partial charge in [0.15, 0.2) is 0 Å². The Balaban J connectivity index is 1.95. The first-order chi connectivity index (χ1) is 12.5. The molecule has 1 saturated carbocycles. The normalized spacial score (nSPS) is 26.0. The lowest BCUT2D eigenvalue weighted by Crippen LogP contribution is -2.31. The molecule has 2 fully saturated rings. The minimum Gasteiger partial charge on any atom is -0.497 e. The van der Waals surface area contributed by atoms with Gasteiger partial charge in [-0.2, -0.15) is 0 Å². The standard InChI is InChI=1S/C20H27NO5/c1-20(13-22)12-21(19(23)25-3)11-17(20)16-9-8-15(24-2)10-18(16)26-14-6-4-5-7-14/h8-10,13-14,17H,4-7,11-12H2,1-3H3/t17-,20-/m0/s1. The first-order valence-electron chi connectivity index (χ1n) is 9.14. The van der Waals surface area contributed by atoms with Crippen LogP contribution in [0.25, 0.3) is 0 Å². The molecule has 1 aliphatic heterocycles. The Labute approximate surface area is 154 Å². The van der Waals surface area contributed by atoms with E-state index in [0.29, 0.717) is 13.1 Å². The number of benzene rings is 1. The zero-order chi connectivity index (χ0) is 18.7. The molecule has 1 aromatic rings. The number of rotatable bonds is 5. The molecule has 2 aliphatic rings. The van der Waals surface area contributed by atoms with Gasteiger partial charge in [0.05, 0.1) is 20.3 Å². The summed E-state index contributed by atoms with van der Waals surface area (Å²) in [5, 5.41) is 0. The number of hydrogen-bond acceptors (Lipinski definition) is 5. The third kappa shape index (κ3) is 3.50. The van der Waals surface area contributed by atoms with Gasteiger partial charge in [0.2, 0.25) is 0 Å². The van der Waals surface area contributed by atoms with Crippen LogP contribution in [-0.2, 0) is 9.53 Å². The van der Waals surface area contributed by atoms with Crippen molar-refractivity contribution in [2.45, 2.75) is 44.6 Å². The van der Waals surface area contributed by atoms with Gasteiger partial charge in [0.1, 0.15) is 17.8 Å². The lowest BCUT2D eigenvalue weighted by Gasteiger charge is -2.27. The van der Waals surface area contributed by atoms with Gasteiger partial charge in [-0.3, -0.25) is 0 Å². The fraction of sp³-hybridized carbons (Fsp3) is 0.600. The van der Waals surface area contributed by atoms with E-state index in [0.717, 1.165) is 36.2 Å². The Hall–Kier alpha value is -2.24. The molecule has 142 valence electrons. The van der Waals surface area contributed by atoms with E-state index in [1.807, 2.05) is 25.1 Å². The SMILES string of the molecule is COC(=O)N1C[C@@H](c2ccc(OC)cc2OC2CCCC2)[C@](C)(C=O)C1. The summed E-state index contributed by atoms with van der Waals surface area (Å²) in [5.41, 5.74) is 0.259. The maximum absolute atomic E-state index is 12.0. The monoisotopic (exact) mass is 361 g/mol. The average Bonchev–Trinajstić information content (AvgIpc) is 3.29. The zero-order valence-corrected chi connectivity index (χ0v) is 15.7. The summed E-state index contributed by atoms with van der Waals surface area (Å²) in [6.07, 6.45) is 5.17. The van der Waals surface area contributed by atoms with Crippen LogP contribution in [0, 0.1) is 5.41 Å². The van der Waals surface area contributed by atoms with E-state index in [9.17, 15) is 9.59 Å². The van der Waals surface area contributed by atoms with Gasteiger partial charge in [-0.25, -0.2) is 4.79 Å². The van der Waals surface area contributed by atoms with Crippen molar-refractivity contribution < 1.29 is 23.8 Å². The lowest BCUT2D eigenvalue weighted by molar-refractivity contribution is -0.115. The number of aldehydes is 1. The quantitative estimate of drug-likeness (QED) is 0.752. The highest BCUT2D eigenvalue weighted by molar-refractivity contribution is 5.72. The van der Waals surface area contributed by atoms with Crippen LogP contribution in [-0.4, -0.2) is 50.7 Å². The van der Waals surface area contributed by atoms with Gasteiger partial charge in [-0.05, 0) is 31.7 Å². The predicted molar refractivity (Wildman–Crippen MR) is 96.8 cm³/mol. The molecule has 2 atom stereocenters. The zero-order valence-electron chi connectivity index (χ0n) is 15.7. The van der Waals surface area contributed by atoms with E-state index < -0.39 is 11.5 Å². The Morgan fingerprint density at radius 3 is 2.62 bits per heavy atom. The van der Waals surface area contributed by atoms with Crippen LogP contribution in [0.3, 0.4) is 0 Å². The Kier molecular flexibility index (Phi) is 5.39. The Morgan fingerprint density at radius 2 is 2.00 bits per heavy atom. The van der Waals surface area contributed by atoms with Crippen molar-refractivity contribution in [3.8, 4) is 11.5 Å². The molecule has 1 amide bonds. The van der Waals surface area contributed by atoms with Crippen LogP contribution in [0.1, 0.15) is 44.1 Å². The average molecular weight is 361 g/mol. The highest BCUT2D eigenvalue weighted by Crippen LogP contribution is 2.46. The first kappa shape index (κ1) is 18.5. The third-order valence-corrected chi connectivity index (χ3v) is 5.62. The van der Waals surface area contributed by atoms with Crippen molar-refractivity contribution >= 4 is 12.4 Å². The second-order valence-corrected chi connectivity index (χ2v) is 7.45. The van der Waals surface area contributed by atoms with Crippen LogP contribution in [0.15, 0.2) is 18.2 Å². The van der Waals surface area contributed by atoms with E-state index in [-0.39, 0.29) is 12.0 Å². The van der Waals surface area contributed by atoms with Crippen LogP contribution in [0.5, 0.6) is 11.5 Å². The molecule has 1 heterocycles. The van der Waals surface area contributed by atoms with Gasteiger partial charge >= 0.3 is 6.09 Å². The van der Waals surface area contributed by atoms with Gasteiger partial charge in [-0.15, -0.1) is 0 Å². The molecule has 1 aliphatic carbocycles. The number of carbonyl (C=O) groups is 2. The number of carbonyl (C=O) groups excluding carboxylic acids is 2. The largest absolute Gasteiger partial charge is 0.497 e. The number of ether oxygens (including phenoxy) is 3. The summed E-state index contributed by atoms with van der Waals surface area (Å²) in [6.45, 7) is 2.65. The number of hydrogen-bond donors (Lipinski definition) is 0. The fourth-order valence-corrected chi connectivity index (χ4v) is 4.07. The minimum atomic E-state index is -0.684. The summed E-state index contributed by atoms with van der Waals surface area (Å²) in [6, 6.07) is 5.72. The van der Waals surface area contributed by atoms with Crippen molar-refractivity contribution in [1.82, 2.24) is 4.90 Å². The second-order valence-electron chi connectivity index (χ2n) is 7.45. The van der Waals surface area contributed by atoms with E-state index in [2.05, 4.69) is 0 Å². The molecule has 3 rings (SSSR count). The van der Waals surface area contributed by atoms with Crippen LogP contribution >= 0.6 is 0 Å². The highest BCUT2D eigenvalue weighted by Gasteiger charge is 2.47. The predicted octanol–water partition coefficient (Wildman–Crippen LogP) is 3.39. The topological polar surface area (TPSA) is 65.1 Å². The molecule has 0 aromatic heterocycles. The fourth-order valence-electron chi connectivity index (χ4n) is 4.07. The third-order valence-electron chi connectivity index (χ3n) is 5.62. The molecular formula is C20H27NO5. The van der Waals surface area contributed by atoms with Gasteiger partial charge in [0.25, 0.3) is 0 Å². The van der Waals surface area contributed by atoms with E-state index in [1.165, 1.54) is 20.0 Å². The van der Waals surface area contributed by atoms with E-state index in [1.54, 1.807) is 12.0 Å². The molecule has 6 nitrogen and oxygen atoms in total. The number of nitrogens with zero attached hydrogens (tertiary/aromatic N) is 1. The molecule has 26 heavy (non-hydrogen) atoms. The van der Waals surface area contributed by atoms with Crippen molar-refractivity contribution in [3.63, 3.8) is 0 Å². The smallest absolute Gasteiger partial charge is 0.409 e. The molecule has 0 spiro atoms. The first-order valence-corrected chi connectivity index (χ1v) is 9.14. The Morgan fingerprint density at radius 1 is 1.27 bits per heavy atom. The van der Waals surface area contributed by atoms with Crippen molar-refractivity contribution in [2.24, 2.45) is 5.41 Å². The van der Waals surface area contributed by atoms with E-state index in [4.69, 9.17) is 14.2 Å². The van der Waals surface area contributed by atoms with Crippen LogP contribution < -0.4 is 9.47 Å². The summed E-state index contributed by atoms with van der Waals surface area (Å²) in [5.74, 6) is 1.32. The van der Waals surface area contributed by atoms with E-state index >= 15 is 0 Å². The minimum absolute atomic E-state index is 0.151. The van der Waals surface area contributed by atoms with Gasteiger partial charge < -0.3 is 23.9 Å². The molecule has 0 radical (unpaired) electrons. The van der Waals surface area contributed by atoms with Crippen molar-refractivity contribution in [2.75, 3.05) is 27.3 Å². The van der Waals surface area contributed by atoms with Crippen LogP contribution in [0.4, 0.5) is 4.79 Å². The molecule has 0 unspecified atom stereocenters. The summed E-state index contributed by atoms with van der Waals surface area (Å²) in [7, 11) is 2.98. The van der Waals surface area contributed by atoms with Crippen molar-refractivity contribution in [1.29, 1.82) is 0 Å². The Bertz CT molecular complexity index is 670. The number of likely N-dealkylation sites (tertiary alicyclic amines) is 1. The summed E-state index contributed by atoms with van der Waals surface area (Å²) in [4.78, 5) is 25.5. The van der Waals surface area contributed by atoms with Gasteiger partial charge in [0, 0.05) is 36.1 Å². The number of amides is 1. The summed E-state index contributed by atoms with van der Waals surface area (Å²) < 4.78 is 16.5. The second kappa shape index (κ2) is 7.56. The molecule has 0 bridgehead atoms. The summed E-state index contributed by atoms with van der Waals surface area (Å²) >= 11 is 0. The molecule has 6 heteroatoms. The maximum atomic E-state index is 12.0. The molecular weight excluding hydrogens is 334 g/mol. The molecule has 1 aromatic carbocycles. The number of methoxy groups -OCH3 is 2. The molecule has 1 saturated heterocycles. The van der Waals surface area contributed by atoms with Crippen LogP contribution in [0.2, 0.25) is 0 Å². The lowest BCUT2D eigenvalue weighted by atomic mass is 9.77. The molecule has 0 N–H and O–H groups in total. The van der Waals surface area contributed by atoms with Crippen molar-refractivity contribution in [3.05, 3.63) is 23.8 Å². The highest BCUT2D eigenvalue weighted by atomic mass is 16.5. The maximum Gasteiger partial charge on any atom is 0.409 e.